The summed E-state index contributed by atoms with van der Waals surface area (Å²) in [4.78, 5) is 0. The fourth-order valence-corrected chi connectivity index (χ4v) is 2.30. The summed E-state index contributed by atoms with van der Waals surface area (Å²) in [6, 6.07) is 7.73. The first-order valence-corrected chi connectivity index (χ1v) is 6.73. The molecule has 0 aliphatic carbocycles. The lowest BCUT2D eigenvalue weighted by Crippen LogP contribution is -2.37. The van der Waals surface area contributed by atoms with Crippen LogP contribution in [0.2, 0.25) is 0 Å². The number of hydrogen-bond donors (Lipinski definition) is 2. The van der Waals surface area contributed by atoms with E-state index in [9.17, 15) is 0 Å². The van der Waals surface area contributed by atoms with Crippen LogP contribution < -0.4 is 5.32 Å². The topological polar surface area (TPSA) is 32.3 Å². The summed E-state index contributed by atoms with van der Waals surface area (Å²) in [5, 5.41) is 12.5. The van der Waals surface area contributed by atoms with E-state index in [2.05, 4.69) is 37.1 Å². The van der Waals surface area contributed by atoms with Crippen molar-refractivity contribution in [1.29, 1.82) is 0 Å². The molecule has 0 radical (unpaired) electrons. The molecule has 0 saturated carbocycles. The molecule has 0 aromatic heterocycles. The molecule has 0 atom stereocenters. The van der Waals surface area contributed by atoms with Crippen LogP contribution in [0.1, 0.15) is 31.4 Å². The first-order chi connectivity index (χ1) is 9.12. The largest absolute Gasteiger partial charge is 0.392 e. The van der Waals surface area contributed by atoms with Crippen LogP contribution in [-0.2, 0) is 6.61 Å². The maximum atomic E-state index is 9.09. The quantitative estimate of drug-likeness (QED) is 0.756. The Morgan fingerprint density at radius 1 is 1.42 bits per heavy atom. The molecule has 19 heavy (non-hydrogen) atoms. The van der Waals surface area contributed by atoms with Crippen molar-refractivity contribution in [1.82, 2.24) is 5.32 Å². The lowest BCUT2D eigenvalue weighted by atomic mass is 9.79. The van der Waals surface area contributed by atoms with Crippen LogP contribution in [0.3, 0.4) is 0 Å². The molecule has 2 rings (SSSR count). The molecular formula is C17H21NO. The van der Waals surface area contributed by atoms with Crippen LogP contribution in [0, 0.1) is 17.3 Å². The number of piperidine rings is 1. The van der Waals surface area contributed by atoms with Crippen LogP contribution in [-0.4, -0.2) is 18.2 Å². The number of aliphatic hydroxyl groups excluding tert-OH is 1. The van der Waals surface area contributed by atoms with Gasteiger partial charge in [-0.05, 0) is 42.2 Å². The molecule has 1 aliphatic rings. The highest BCUT2D eigenvalue weighted by atomic mass is 16.3. The molecule has 2 heteroatoms. The minimum atomic E-state index is 0.0648. The van der Waals surface area contributed by atoms with Gasteiger partial charge in [0.25, 0.3) is 0 Å². The molecule has 1 saturated heterocycles. The van der Waals surface area contributed by atoms with Crippen molar-refractivity contribution in [3.8, 4) is 11.8 Å². The van der Waals surface area contributed by atoms with Gasteiger partial charge in [0.2, 0.25) is 0 Å². The molecule has 0 amide bonds. The highest BCUT2D eigenvalue weighted by molar-refractivity contribution is 5.40. The van der Waals surface area contributed by atoms with Crippen LogP contribution in [0.25, 0.3) is 0 Å². The molecule has 100 valence electrons. The molecule has 2 N–H and O–H groups in total. The van der Waals surface area contributed by atoms with Gasteiger partial charge in [-0.3, -0.25) is 0 Å². The van der Waals surface area contributed by atoms with E-state index in [0.717, 1.165) is 30.6 Å². The second-order valence-electron chi connectivity index (χ2n) is 5.61. The minimum Gasteiger partial charge on any atom is -0.392 e. The van der Waals surface area contributed by atoms with Crippen LogP contribution in [0.15, 0.2) is 35.9 Å². The summed E-state index contributed by atoms with van der Waals surface area (Å²) >= 11 is 0. The molecule has 0 spiro atoms. The maximum Gasteiger partial charge on any atom is 0.0682 e. The van der Waals surface area contributed by atoms with Gasteiger partial charge in [-0.25, -0.2) is 0 Å². The third-order valence-corrected chi connectivity index (χ3v) is 3.58. The summed E-state index contributed by atoms with van der Waals surface area (Å²) in [5.74, 6) is 6.30. The highest BCUT2D eigenvalue weighted by Gasteiger charge is 2.25. The molecule has 1 heterocycles. The van der Waals surface area contributed by atoms with Gasteiger partial charge in [0.1, 0.15) is 0 Å². The average Bonchev–Trinajstić information content (AvgIpc) is 2.41. The van der Waals surface area contributed by atoms with Gasteiger partial charge in [0.15, 0.2) is 0 Å². The van der Waals surface area contributed by atoms with Crippen LogP contribution in [0.4, 0.5) is 0 Å². The molecule has 1 aliphatic heterocycles. The highest BCUT2D eigenvalue weighted by Crippen LogP contribution is 2.30. The van der Waals surface area contributed by atoms with E-state index < -0.39 is 0 Å². The van der Waals surface area contributed by atoms with Crippen LogP contribution >= 0.6 is 0 Å². The van der Waals surface area contributed by atoms with Crippen molar-refractivity contribution >= 4 is 0 Å². The van der Waals surface area contributed by atoms with Crippen molar-refractivity contribution in [3.63, 3.8) is 0 Å². The normalized spacial score (nSPS) is 19.8. The zero-order chi connectivity index (χ0) is 13.7. The molecule has 1 aromatic carbocycles. The maximum absolute atomic E-state index is 9.09. The van der Waals surface area contributed by atoms with Gasteiger partial charge >= 0.3 is 0 Å². The van der Waals surface area contributed by atoms with Crippen LogP contribution in [0.5, 0.6) is 0 Å². The average molecular weight is 255 g/mol. The predicted molar refractivity (Wildman–Crippen MR) is 78.6 cm³/mol. The van der Waals surface area contributed by atoms with E-state index in [1.165, 1.54) is 5.57 Å². The Hall–Kier alpha value is -1.56. The molecule has 2 nitrogen and oxygen atoms in total. The number of nitrogens with one attached hydrogen (secondary N) is 1. The van der Waals surface area contributed by atoms with Crippen molar-refractivity contribution in [2.75, 3.05) is 13.1 Å². The molecule has 0 bridgehead atoms. The number of hydrogen-bond acceptors (Lipinski definition) is 2. The van der Waals surface area contributed by atoms with Gasteiger partial charge in [-0.15, -0.1) is 0 Å². The zero-order valence-electron chi connectivity index (χ0n) is 11.7. The van der Waals surface area contributed by atoms with Crippen molar-refractivity contribution in [2.45, 2.75) is 26.9 Å². The Bertz CT molecular complexity index is 532. The van der Waals surface area contributed by atoms with Gasteiger partial charge in [-0.2, -0.15) is 0 Å². The predicted octanol–water partition coefficient (Wildman–Crippen LogP) is 2.48. The monoisotopic (exact) mass is 255 g/mol. The van der Waals surface area contributed by atoms with Gasteiger partial charge in [0, 0.05) is 12.1 Å². The standard InChI is InChI=1S/C17H21NO/c1-17(2)13-18-10-9-16(17)8-4-6-14-5-3-7-15(11-14)12-19/h3,5,7-8,11,18-19H,9-10,12-13H2,1-2H3/b16-8+. The minimum absolute atomic E-state index is 0.0648. The Morgan fingerprint density at radius 3 is 3.00 bits per heavy atom. The first kappa shape index (κ1) is 13.9. The smallest absolute Gasteiger partial charge is 0.0682 e. The van der Waals surface area contributed by atoms with Crippen molar-refractivity contribution < 1.29 is 5.11 Å². The van der Waals surface area contributed by atoms with E-state index in [-0.39, 0.29) is 12.0 Å². The van der Waals surface area contributed by atoms with E-state index in [0.29, 0.717) is 0 Å². The number of aliphatic hydroxyl groups is 1. The summed E-state index contributed by atoms with van der Waals surface area (Å²) in [7, 11) is 0. The SMILES string of the molecule is CC1(C)CNCC/C1=C\C#Cc1cccc(CO)c1. The van der Waals surface area contributed by atoms with E-state index >= 15 is 0 Å². The second-order valence-corrected chi connectivity index (χ2v) is 5.61. The van der Waals surface area contributed by atoms with E-state index in [4.69, 9.17) is 5.11 Å². The molecule has 0 unspecified atom stereocenters. The summed E-state index contributed by atoms with van der Waals surface area (Å²) in [5.41, 5.74) is 3.47. The van der Waals surface area contributed by atoms with E-state index in [1.807, 2.05) is 24.3 Å². The fourth-order valence-electron chi connectivity index (χ4n) is 2.30. The van der Waals surface area contributed by atoms with Gasteiger partial charge in [-0.1, -0.05) is 43.4 Å². The molecular weight excluding hydrogens is 234 g/mol. The van der Waals surface area contributed by atoms with Gasteiger partial charge < -0.3 is 10.4 Å². The summed E-state index contributed by atoms with van der Waals surface area (Å²) in [6.07, 6.45) is 3.13. The van der Waals surface area contributed by atoms with Gasteiger partial charge in [0.05, 0.1) is 6.61 Å². The van der Waals surface area contributed by atoms with Crippen molar-refractivity contribution in [2.24, 2.45) is 5.41 Å². The summed E-state index contributed by atoms with van der Waals surface area (Å²) in [6.45, 7) is 6.62. The first-order valence-electron chi connectivity index (χ1n) is 6.73. The third-order valence-electron chi connectivity index (χ3n) is 3.58. The Labute approximate surface area is 115 Å². The Kier molecular flexibility index (Phi) is 4.42. The third kappa shape index (κ3) is 3.70. The summed E-state index contributed by atoms with van der Waals surface area (Å²) < 4.78 is 0. The number of allylic oxidation sites excluding steroid dienone is 1. The Morgan fingerprint density at radius 2 is 2.26 bits per heavy atom. The second kappa shape index (κ2) is 6.06. The fraction of sp³-hybridized carbons (Fsp3) is 0.412. The Balaban J connectivity index is 2.15. The van der Waals surface area contributed by atoms with E-state index in [1.54, 1.807) is 0 Å². The van der Waals surface area contributed by atoms with Crippen molar-refractivity contribution in [3.05, 3.63) is 47.0 Å². The molecule has 1 fully saturated rings. The molecule has 1 aromatic rings. The number of rotatable bonds is 1. The number of benzene rings is 1. The zero-order valence-corrected chi connectivity index (χ0v) is 11.7. The lowest BCUT2D eigenvalue weighted by molar-refractivity contribution is 0.282. The lowest BCUT2D eigenvalue weighted by Gasteiger charge is -2.33.